The first-order chi connectivity index (χ1) is 12.6. The fourth-order valence-corrected chi connectivity index (χ4v) is 2.92. The maximum atomic E-state index is 11.8. The van der Waals surface area contributed by atoms with Crippen LogP contribution in [0.3, 0.4) is 0 Å². The van der Waals surface area contributed by atoms with Crippen LogP contribution in [0.25, 0.3) is 0 Å². The van der Waals surface area contributed by atoms with Gasteiger partial charge in [0.1, 0.15) is 0 Å². The molecule has 0 fully saturated rings. The van der Waals surface area contributed by atoms with E-state index in [1.165, 1.54) is 75.5 Å². The summed E-state index contributed by atoms with van der Waals surface area (Å²) in [6, 6.07) is 0. The summed E-state index contributed by atoms with van der Waals surface area (Å²) < 4.78 is 0. The summed E-state index contributed by atoms with van der Waals surface area (Å²) in [5.41, 5.74) is 0. The standard InChI is InChI=1S/C22H41NO3.K/c1-3-4-5-6-7-8-9-10-11-12-13-14-15-16-17-18-21(24)23(2)20-19-22(25)26;/h10-11H,3-9,12-20H2,1-2H3,(H,25,26);/q;+1/p-1/b11-10-;. The molecule has 0 aromatic heterocycles. The van der Waals surface area contributed by atoms with Crippen molar-refractivity contribution in [2.24, 2.45) is 0 Å². The van der Waals surface area contributed by atoms with Crippen molar-refractivity contribution in [3.05, 3.63) is 12.2 Å². The van der Waals surface area contributed by atoms with Crippen LogP contribution in [0.1, 0.15) is 103 Å². The van der Waals surface area contributed by atoms with E-state index in [0.717, 1.165) is 12.8 Å². The number of carboxylic acid groups (broad SMARTS) is 1. The molecule has 0 saturated heterocycles. The first-order valence-corrected chi connectivity index (χ1v) is 10.7. The molecule has 152 valence electrons. The van der Waals surface area contributed by atoms with E-state index in [1.807, 2.05) is 0 Å². The summed E-state index contributed by atoms with van der Waals surface area (Å²) in [5.74, 6) is -1.07. The zero-order valence-electron chi connectivity index (χ0n) is 18.1. The molecule has 0 aromatic carbocycles. The number of unbranched alkanes of at least 4 members (excludes halogenated alkanes) is 11. The Morgan fingerprint density at radius 2 is 1.26 bits per heavy atom. The number of rotatable bonds is 18. The Morgan fingerprint density at radius 1 is 0.778 bits per heavy atom. The van der Waals surface area contributed by atoms with Crippen molar-refractivity contribution >= 4 is 11.9 Å². The van der Waals surface area contributed by atoms with Gasteiger partial charge in [0.25, 0.3) is 0 Å². The summed E-state index contributed by atoms with van der Waals surface area (Å²) in [7, 11) is 1.66. The van der Waals surface area contributed by atoms with Crippen LogP contribution in [0.5, 0.6) is 0 Å². The topological polar surface area (TPSA) is 60.4 Å². The quantitative estimate of drug-likeness (QED) is 0.198. The van der Waals surface area contributed by atoms with E-state index < -0.39 is 5.97 Å². The molecule has 0 aliphatic carbocycles. The van der Waals surface area contributed by atoms with Crippen LogP contribution < -0.4 is 56.5 Å². The number of hydrogen-bond donors (Lipinski definition) is 0. The minimum Gasteiger partial charge on any atom is -0.550 e. The summed E-state index contributed by atoms with van der Waals surface area (Å²) >= 11 is 0. The average Bonchev–Trinajstić information content (AvgIpc) is 2.62. The van der Waals surface area contributed by atoms with Gasteiger partial charge in [0.2, 0.25) is 5.91 Å². The van der Waals surface area contributed by atoms with E-state index in [4.69, 9.17) is 0 Å². The largest absolute Gasteiger partial charge is 1.00 e. The van der Waals surface area contributed by atoms with Crippen LogP contribution in [0.4, 0.5) is 0 Å². The SMILES string of the molecule is CCCCCCCC/C=C\CCCCCCCC(=O)N(C)CCC(=O)[O-].[K+]. The maximum absolute atomic E-state index is 11.8. The molecule has 5 heteroatoms. The molecule has 4 nitrogen and oxygen atoms in total. The molecular formula is C22H40KNO3. The van der Waals surface area contributed by atoms with E-state index in [2.05, 4.69) is 19.1 Å². The average molecular weight is 406 g/mol. The first kappa shape index (κ1) is 29.5. The van der Waals surface area contributed by atoms with Gasteiger partial charge in [-0.2, -0.15) is 0 Å². The van der Waals surface area contributed by atoms with Crippen LogP contribution in [0.15, 0.2) is 12.2 Å². The third-order valence-corrected chi connectivity index (χ3v) is 4.73. The fourth-order valence-electron chi connectivity index (χ4n) is 2.92. The van der Waals surface area contributed by atoms with Crippen LogP contribution in [-0.2, 0) is 9.59 Å². The van der Waals surface area contributed by atoms with E-state index >= 15 is 0 Å². The second kappa shape index (κ2) is 22.6. The van der Waals surface area contributed by atoms with Gasteiger partial charge in [-0.15, -0.1) is 0 Å². The predicted molar refractivity (Wildman–Crippen MR) is 107 cm³/mol. The maximum Gasteiger partial charge on any atom is 1.00 e. The van der Waals surface area contributed by atoms with Crippen molar-refractivity contribution in [1.29, 1.82) is 0 Å². The summed E-state index contributed by atoms with van der Waals surface area (Å²) in [4.78, 5) is 23.7. The zero-order valence-corrected chi connectivity index (χ0v) is 21.3. The van der Waals surface area contributed by atoms with E-state index in [9.17, 15) is 14.7 Å². The fraction of sp³-hybridized carbons (Fsp3) is 0.818. The number of carbonyl (C=O) groups is 2. The number of hydrogen-bond acceptors (Lipinski definition) is 3. The van der Waals surface area contributed by atoms with E-state index in [0.29, 0.717) is 6.42 Å². The van der Waals surface area contributed by atoms with Crippen molar-refractivity contribution < 1.29 is 66.1 Å². The van der Waals surface area contributed by atoms with Crippen LogP contribution >= 0.6 is 0 Å². The Morgan fingerprint density at radius 3 is 1.78 bits per heavy atom. The molecule has 0 spiro atoms. The number of carboxylic acids is 1. The zero-order chi connectivity index (χ0) is 19.5. The van der Waals surface area contributed by atoms with Gasteiger partial charge < -0.3 is 14.8 Å². The van der Waals surface area contributed by atoms with Gasteiger partial charge in [0, 0.05) is 32.4 Å². The van der Waals surface area contributed by atoms with E-state index in [1.54, 1.807) is 7.05 Å². The second-order valence-corrected chi connectivity index (χ2v) is 7.27. The van der Waals surface area contributed by atoms with Gasteiger partial charge >= 0.3 is 51.4 Å². The van der Waals surface area contributed by atoms with Crippen molar-refractivity contribution in [3.8, 4) is 0 Å². The minimum atomic E-state index is -1.11. The molecule has 0 saturated carbocycles. The van der Waals surface area contributed by atoms with E-state index in [-0.39, 0.29) is 70.3 Å². The molecule has 0 unspecified atom stereocenters. The smallest absolute Gasteiger partial charge is 0.550 e. The monoisotopic (exact) mass is 405 g/mol. The Kier molecular flexibility index (Phi) is 24.7. The van der Waals surface area contributed by atoms with Gasteiger partial charge in [-0.25, -0.2) is 0 Å². The summed E-state index contributed by atoms with van der Waals surface area (Å²) in [5, 5.41) is 10.4. The first-order valence-electron chi connectivity index (χ1n) is 10.7. The molecule has 0 radical (unpaired) electrons. The van der Waals surface area contributed by atoms with Gasteiger partial charge in [0.15, 0.2) is 0 Å². The molecule has 0 aromatic rings. The third-order valence-electron chi connectivity index (χ3n) is 4.73. The summed E-state index contributed by atoms with van der Waals surface area (Å²) in [6.45, 7) is 2.50. The number of aliphatic carboxylic acids is 1. The predicted octanol–water partition coefficient (Wildman–Crippen LogP) is 1.63. The summed E-state index contributed by atoms with van der Waals surface area (Å²) in [6.07, 6.45) is 21.2. The molecule has 0 aliphatic heterocycles. The molecular weight excluding hydrogens is 365 g/mol. The molecule has 0 heterocycles. The molecule has 1 amide bonds. The van der Waals surface area contributed by atoms with Crippen molar-refractivity contribution in [2.45, 2.75) is 103 Å². The second-order valence-electron chi connectivity index (χ2n) is 7.27. The van der Waals surface area contributed by atoms with Gasteiger partial charge in [0.05, 0.1) is 0 Å². The Bertz CT molecular complexity index is 386. The molecule has 27 heavy (non-hydrogen) atoms. The number of amides is 1. The molecule has 0 aliphatic rings. The molecule has 0 rings (SSSR count). The molecule has 0 atom stereocenters. The van der Waals surface area contributed by atoms with Gasteiger partial charge in [-0.05, 0) is 32.1 Å². The van der Waals surface area contributed by atoms with Gasteiger partial charge in [-0.3, -0.25) is 4.79 Å². The molecule has 0 N–H and O–H groups in total. The number of carbonyl (C=O) groups excluding carboxylic acids is 2. The van der Waals surface area contributed by atoms with Crippen LogP contribution in [0.2, 0.25) is 0 Å². The van der Waals surface area contributed by atoms with Gasteiger partial charge in [-0.1, -0.05) is 70.4 Å². The number of nitrogens with zero attached hydrogens (tertiary/aromatic N) is 1. The van der Waals surface area contributed by atoms with Crippen molar-refractivity contribution in [1.82, 2.24) is 4.90 Å². The minimum absolute atomic E-state index is 0. The Balaban J connectivity index is 0. The van der Waals surface area contributed by atoms with Crippen LogP contribution in [-0.4, -0.2) is 30.4 Å². The Labute approximate surface area is 210 Å². The van der Waals surface area contributed by atoms with Crippen molar-refractivity contribution in [2.75, 3.05) is 13.6 Å². The normalized spacial score (nSPS) is 10.7. The third kappa shape index (κ3) is 22.5. The molecule has 0 bridgehead atoms. The van der Waals surface area contributed by atoms with Crippen molar-refractivity contribution in [3.63, 3.8) is 0 Å². The van der Waals surface area contributed by atoms with Crippen LogP contribution in [0, 0.1) is 0 Å². The Hall–Kier alpha value is 0.316. The number of allylic oxidation sites excluding steroid dienone is 2.